The molecule has 0 aliphatic heterocycles. The van der Waals surface area contributed by atoms with Gasteiger partial charge in [0, 0.05) is 5.46 Å². The molecular formula is C16H13BO3. The van der Waals surface area contributed by atoms with Crippen LogP contribution in [-0.4, -0.2) is 22.3 Å². The lowest BCUT2D eigenvalue weighted by atomic mass is 9.74. The molecule has 0 atom stereocenters. The van der Waals surface area contributed by atoms with E-state index in [1.165, 1.54) is 6.07 Å². The number of rotatable bonds is 2. The van der Waals surface area contributed by atoms with Gasteiger partial charge >= 0.3 is 7.12 Å². The second kappa shape index (κ2) is 5.00. The van der Waals surface area contributed by atoms with Gasteiger partial charge in [-0.05, 0) is 28.0 Å². The van der Waals surface area contributed by atoms with Crippen molar-refractivity contribution >= 4 is 23.4 Å². The Morgan fingerprint density at radius 1 is 0.700 bits per heavy atom. The quantitative estimate of drug-likeness (QED) is 0.619. The molecule has 0 bridgehead atoms. The van der Waals surface area contributed by atoms with Gasteiger partial charge in [0.1, 0.15) is 5.75 Å². The summed E-state index contributed by atoms with van der Waals surface area (Å²) in [6.07, 6.45) is 0. The fourth-order valence-corrected chi connectivity index (χ4v) is 2.52. The maximum Gasteiger partial charge on any atom is 0.492 e. The van der Waals surface area contributed by atoms with E-state index in [1.54, 1.807) is 12.1 Å². The third kappa shape index (κ3) is 2.05. The van der Waals surface area contributed by atoms with Crippen LogP contribution in [0, 0.1) is 0 Å². The van der Waals surface area contributed by atoms with Crippen LogP contribution in [0.5, 0.6) is 5.75 Å². The Kier molecular flexibility index (Phi) is 3.18. The minimum absolute atomic E-state index is 0.120. The Hall–Kier alpha value is -2.30. The van der Waals surface area contributed by atoms with Gasteiger partial charge in [-0.25, -0.2) is 0 Å². The fraction of sp³-hybridized carbons (Fsp3) is 0. The minimum atomic E-state index is -1.72. The SMILES string of the molecule is OB(O)c1c(O)cccc1-c1cccc2ccccc12. The van der Waals surface area contributed by atoms with Crippen molar-refractivity contribution in [1.29, 1.82) is 0 Å². The van der Waals surface area contributed by atoms with E-state index < -0.39 is 7.12 Å². The van der Waals surface area contributed by atoms with Crippen molar-refractivity contribution in [3.63, 3.8) is 0 Å². The highest BCUT2D eigenvalue weighted by Crippen LogP contribution is 2.29. The molecule has 98 valence electrons. The van der Waals surface area contributed by atoms with E-state index in [-0.39, 0.29) is 11.2 Å². The van der Waals surface area contributed by atoms with Gasteiger partial charge in [-0.2, -0.15) is 0 Å². The number of hydrogen-bond acceptors (Lipinski definition) is 3. The summed E-state index contributed by atoms with van der Waals surface area (Å²) in [6.45, 7) is 0. The smallest absolute Gasteiger partial charge is 0.492 e. The first-order valence-electron chi connectivity index (χ1n) is 6.34. The van der Waals surface area contributed by atoms with Gasteiger partial charge in [0.25, 0.3) is 0 Å². The van der Waals surface area contributed by atoms with Crippen LogP contribution in [0.1, 0.15) is 0 Å². The molecule has 3 rings (SSSR count). The predicted octanol–water partition coefficient (Wildman–Crippen LogP) is 1.89. The van der Waals surface area contributed by atoms with E-state index in [0.717, 1.165) is 16.3 Å². The number of fused-ring (bicyclic) bond motifs is 1. The summed E-state index contributed by atoms with van der Waals surface area (Å²) in [4.78, 5) is 0. The number of phenols is 1. The third-order valence-corrected chi connectivity index (χ3v) is 3.42. The average Bonchev–Trinajstić information content (AvgIpc) is 2.46. The maximum atomic E-state index is 9.88. The van der Waals surface area contributed by atoms with Crippen LogP contribution < -0.4 is 5.46 Å². The van der Waals surface area contributed by atoms with Crippen molar-refractivity contribution in [2.75, 3.05) is 0 Å². The molecule has 0 heterocycles. The summed E-state index contributed by atoms with van der Waals surface area (Å²) >= 11 is 0. The predicted molar refractivity (Wildman–Crippen MR) is 80.9 cm³/mol. The first-order chi connectivity index (χ1) is 9.68. The molecule has 0 saturated carbocycles. The molecule has 0 fully saturated rings. The van der Waals surface area contributed by atoms with Crippen LogP contribution in [0.25, 0.3) is 21.9 Å². The molecule has 0 aliphatic carbocycles. The van der Waals surface area contributed by atoms with E-state index in [2.05, 4.69) is 0 Å². The maximum absolute atomic E-state index is 9.88. The van der Waals surface area contributed by atoms with Crippen LogP contribution in [0.15, 0.2) is 60.7 Å². The zero-order chi connectivity index (χ0) is 14.1. The van der Waals surface area contributed by atoms with Crippen LogP contribution in [-0.2, 0) is 0 Å². The first-order valence-corrected chi connectivity index (χ1v) is 6.34. The fourth-order valence-electron chi connectivity index (χ4n) is 2.52. The van der Waals surface area contributed by atoms with Gasteiger partial charge in [0.15, 0.2) is 0 Å². The topological polar surface area (TPSA) is 60.7 Å². The molecule has 3 aromatic rings. The Morgan fingerprint density at radius 2 is 1.35 bits per heavy atom. The van der Waals surface area contributed by atoms with Crippen molar-refractivity contribution in [3.05, 3.63) is 60.7 Å². The van der Waals surface area contributed by atoms with E-state index in [0.29, 0.717) is 5.56 Å². The van der Waals surface area contributed by atoms with Crippen molar-refractivity contribution in [2.24, 2.45) is 0 Å². The van der Waals surface area contributed by atoms with Crippen molar-refractivity contribution in [2.45, 2.75) is 0 Å². The molecule has 3 N–H and O–H groups in total. The van der Waals surface area contributed by atoms with E-state index in [1.807, 2.05) is 42.5 Å². The molecular weight excluding hydrogens is 251 g/mol. The number of benzene rings is 3. The molecule has 0 aliphatic rings. The lowest BCUT2D eigenvalue weighted by Gasteiger charge is -2.13. The second-order valence-corrected chi connectivity index (χ2v) is 4.64. The first kappa shape index (κ1) is 12.7. The Labute approximate surface area is 116 Å². The van der Waals surface area contributed by atoms with Gasteiger partial charge in [-0.1, -0.05) is 54.6 Å². The van der Waals surface area contributed by atoms with Crippen LogP contribution >= 0.6 is 0 Å². The number of phenolic OH excluding ortho intramolecular Hbond substituents is 1. The Balaban J connectivity index is 2.35. The van der Waals surface area contributed by atoms with Crippen LogP contribution in [0.3, 0.4) is 0 Å². The normalized spacial score (nSPS) is 10.7. The molecule has 0 amide bonds. The van der Waals surface area contributed by atoms with Crippen molar-refractivity contribution in [1.82, 2.24) is 0 Å². The largest absolute Gasteiger partial charge is 0.508 e. The van der Waals surface area contributed by atoms with E-state index in [9.17, 15) is 15.2 Å². The highest BCUT2D eigenvalue weighted by atomic mass is 16.4. The third-order valence-electron chi connectivity index (χ3n) is 3.42. The van der Waals surface area contributed by atoms with Crippen LogP contribution in [0.2, 0.25) is 0 Å². The van der Waals surface area contributed by atoms with E-state index in [4.69, 9.17) is 0 Å². The molecule has 4 heteroatoms. The second-order valence-electron chi connectivity index (χ2n) is 4.64. The highest BCUT2D eigenvalue weighted by Gasteiger charge is 2.21. The summed E-state index contributed by atoms with van der Waals surface area (Å²) in [5, 5.41) is 31.0. The van der Waals surface area contributed by atoms with Gasteiger partial charge in [0.05, 0.1) is 0 Å². The van der Waals surface area contributed by atoms with Gasteiger partial charge in [-0.15, -0.1) is 0 Å². The highest BCUT2D eigenvalue weighted by molar-refractivity contribution is 6.61. The summed E-state index contributed by atoms with van der Waals surface area (Å²) < 4.78 is 0. The summed E-state index contributed by atoms with van der Waals surface area (Å²) in [7, 11) is -1.72. The lowest BCUT2D eigenvalue weighted by molar-refractivity contribution is 0.420. The average molecular weight is 264 g/mol. The van der Waals surface area contributed by atoms with Crippen molar-refractivity contribution < 1.29 is 15.2 Å². The standard InChI is InChI=1S/C16H13BO3/c18-15-10-4-9-14(16(15)17(19)20)13-8-3-6-11-5-1-2-7-12(11)13/h1-10,18-20H. The summed E-state index contributed by atoms with van der Waals surface area (Å²) in [5.74, 6) is -0.120. The molecule has 0 spiro atoms. The molecule has 0 saturated heterocycles. The van der Waals surface area contributed by atoms with Crippen LogP contribution in [0.4, 0.5) is 0 Å². The number of hydrogen-bond donors (Lipinski definition) is 3. The zero-order valence-corrected chi connectivity index (χ0v) is 10.7. The molecule has 3 aromatic carbocycles. The monoisotopic (exact) mass is 264 g/mol. The molecule has 0 unspecified atom stereocenters. The molecule has 0 radical (unpaired) electrons. The van der Waals surface area contributed by atoms with Gasteiger partial charge < -0.3 is 15.2 Å². The molecule has 3 nitrogen and oxygen atoms in total. The molecule has 0 aromatic heterocycles. The van der Waals surface area contributed by atoms with Crippen molar-refractivity contribution in [3.8, 4) is 16.9 Å². The minimum Gasteiger partial charge on any atom is -0.508 e. The zero-order valence-electron chi connectivity index (χ0n) is 10.7. The van der Waals surface area contributed by atoms with Gasteiger partial charge in [-0.3, -0.25) is 0 Å². The molecule has 20 heavy (non-hydrogen) atoms. The summed E-state index contributed by atoms with van der Waals surface area (Å²) in [6, 6.07) is 18.6. The number of aromatic hydroxyl groups is 1. The Morgan fingerprint density at radius 3 is 2.15 bits per heavy atom. The van der Waals surface area contributed by atoms with E-state index >= 15 is 0 Å². The summed E-state index contributed by atoms with van der Waals surface area (Å²) in [5.41, 5.74) is 1.61. The Bertz CT molecular complexity index is 763. The van der Waals surface area contributed by atoms with Gasteiger partial charge in [0.2, 0.25) is 0 Å². The lowest BCUT2D eigenvalue weighted by Crippen LogP contribution is -2.31.